The number of nitrogens with zero attached hydrogens (tertiary/aromatic N) is 2. The Labute approximate surface area is 129 Å². The molecule has 1 aromatic carbocycles. The van der Waals surface area contributed by atoms with E-state index in [1.807, 2.05) is 0 Å². The Kier molecular flexibility index (Phi) is 4.11. The molecule has 1 atom stereocenters. The molecule has 2 aliphatic rings. The molecule has 2 aliphatic carbocycles. The van der Waals surface area contributed by atoms with E-state index in [1.54, 1.807) is 18.2 Å². The summed E-state index contributed by atoms with van der Waals surface area (Å²) in [7, 11) is 0. The number of rotatable bonds is 7. The van der Waals surface area contributed by atoms with Crippen LogP contribution >= 0.6 is 0 Å². The van der Waals surface area contributed by atoms with Gasteiger partial charge in [-0.25, -0.2) is 0 Å². The van der Waals surface area contributed by atoms with Gasteiger partial charge in [-0.15, -0.1) is 0 Å². The van der Waals surface area contributed by atoms with Crippen molar-refractivity contribution in [2.24, 2.45) is 5.92 Å². The third kappa shape index (κ3) is 3.44. The van der Waals surface area contributed by atoms with E-state index in [1.165, 1.54) is 18.9 Å². The van der Waals surface area contributed by atoms with Crippen molar-refractivity contribution in [2.75, 3.05) is 11.9 Å². The molecule has 0 heterocycles. The van der Waals surface area contributed by atoms with Crippen molar-refractivity contribution in [3.63, 3.8) is 0 Å². The first-order chi connectivity index (χ1) is 10.6. The zero-order valence-corrected chi connectivity index (χ0v) is 12.7. The number of amides is 1. The van der Waals surface area contributed by atoms with Crippen LogP contribution in [0.25, 0.3) is 0 Å². The standard InChI is InChI=1S/C16H21N3O3/c1-11(12-6-7-12)18(13-8-9-13)10-16(20)17-14-4-2-3-5-15(14)19(21)22/h2-5,11-13H,6-10H2,1H3,(H,17,20). The van der Waals surface area contributed by atoms with Gasteiger partial charge in [-0.2, -0.15) is 0 Å². The first-order valence-electron chi connectivity index (χ1n) is 7.85. The molecule has 2 saturated carbocycles. The average Bonchev–Trinajstić information content (AvgIpc) is 3.37. The van der Waals surface area contributed by atoms with Gasteiger partial charge in [0.2, 0.25) is 5.91 Å². The molecule has 6 nitrogen and oxygen atoms in total. The molecule has 0 radical (unpaired) electrons. The van der Waals surface area contributed by atoms with Crippen molar-refractivity contribution in [1.29, 1.82) is 0 Å². The number of nitrogens with one attached hydrogen (secondary N) is 1. The summed E-state index contributed by atoms with van der Waals surface area (Å²) in [5, 5.41) is 13.7. The number of carbonyl (C=O) groups is 1. The normalized spacial score (nSPS) is 19.0. The van der Waals surface area contributed by atoms with E-state index in [9.17, 15) is 14.9 Å². The van der Waals surface area contributed by atoms with Crippen LogP contribution in [0, 0.1) is 16.0 Å². The molecule has 0 saturated heterocycles. The molecule has 6 heteroatoms. The molecule has 1 unspecified atom stereocenters. The Morgan fingerprint density at radius 2 is 2.05 bits per heavy atom. The lowest BCUT2D eigenvalue weighted by atomic mass is 10.1. The van der Waals surface area contributed by atoms with Gasteiger partial charge in [0.15, 0.2) is 0 Å². The summed E-state index contributed by atoms with van der Waals surface area (Å²) in [4.78, 5) is 25.1. The van der Waals surface area contributed by atoms with Crippen molar-refractivity contribution in [1.82, 2.24) is 4.90 Å². The second-order valence-corrected chi connectivity index (χ2v) is 6.30. The molecule has 1 amide bonds. The predicted octanol–water partition coefficient (Wildman–Crippen LogP) is 2.80. The predicted molar refractivity (Wildman–Crippen MR) is 83.6 cm³/mol. The van der Waals surface area contributed by atoms with Crippen LogP contribution in [-0.4, -0.2) is 34.4 Å². The molecule has 2 fully saturated rings. The molecule has 0 bridgehead atoms. The number of hydrogen-bond donors (Lipinski definition) is 1. The molecule has 1 aromatic rings. The van der Waals surface area contributed by atoms with Crippen LogP contribution in [0.4, 0.5) is 11.4 Å². The van der Waals surface area contributed by atoms with E-state index >= 15 is 0 Å². The molecule has 0 aromatic heterocycles. The minimum atomic E-state index is -0.471. The number of anilines is 1. The first kappa shape index (κ1) is 15.0. The van der Waals surface area contributed by atoms with Crippen molar-refractivity contribution >= 4 is 17.3 Å². The number of para-hydroxylation sites is 2. The van der Waals surface area contributed by atoms with Crippen LogP contribution in [0.2, 0.25) is 0 Å². The SMILES string of the molecule is CC(C1CC1)N(CC(=O)Nc1ccccc1[N+](=O)[O-])C1CC1. The number of nitro groups is 1. The van der Waals surface area contributed by atoms with Gasteiger partial charge in [0.1, 0.15) is 5.69 Å². The van der Waals surface area contributed by atoms with Gasteiger partial charge in [0.05, 0.1) is 11.5 Å². The fourth-order valence-corrected chi connectivity index (χ4v) is 2.96. The fourth-order valence-electron chi connectivity index (χ4n) is 2.96. The van der Waals surface area contributed by atoms with Gasteiger partial charge in [-0.05, 0) is 44.6 Å². The first-order valence-corrected chi connectivity index (χ1v) is 7.85. The molecular formula is C16H21N3O3. The number of nitro benzene ring substituents is 1. The van der Waals surface area contributed by atoms with Gasteiger partial charge < -0.3 is 5.32 Å². The van der Waals surface area contributed by atoms with Gasteiger partial charge in [0, 0.05) is 18.2 Å². The van der Waals surface area contributed by atoms with Crippen molar-refractivity contribution < 1.29 is 9.72 Å². The van der Waals surface area contributed by atoms with Gasteiger partial charge >= 0.3 is 0 Å². The lowest BCUT2D eigenvalue weighted by Crippen LogP contribution is -2.42. The summed E-state index contributed by atoms with van der Waals surface area (Å²) >= 11 is 0. The van der Waals surface area contributed by atoms with Gasteiger partial charge in [-0.1, -0.05) is 12.1 Å². The maximum Gasteiger partial charge on any atom is 0.292 e. The number of carbonyl (C=O) groups excluding carboxylic acids is 1. The monoisotopic (exact) mass is 303 g/mol. The number of hydrogen-bond acceptors (Lipinski definition) is 4. The highest BCUT2D eigenvalue weighted by atomic mass is 16.6. The fraction of sp³-hybridized carbons (Fsp3) is 0.562. The molecule has 0 spiro atoms. The number of benzene rings is 1. The second-order valence-electron chi connectivity index (χ2n) is 6.30. The highest BCUT2D eigenvalue weighted by Gasteiger charge is 2.39. The highest BCUT2D eigenvalue weighted by Crippen LogP contribution is 2.39. The Bertz CT molecular complexity index is 582. The van der Waals surface area contributed by atoms with Crippen LogP contribution in [-0.2, 0) is 4.79 Å². The summed E-state index contributed by atoms with van der Waals surface area (Å²) in [6, 6.07) is 7.19. The highest BCUT2D eigenvalue weighted by molar-refractivity contribution is 5.94. The molecular weight excluding hydrogens is 282 g/mol. The minimum Gasteiger partial charge on any atom is -0.319 e. The molecule has 0 aliphatic heterocycles. The Morgan fingerprint density at radius 3 is 2.64 bits per heavy atom. The van der Waals surface area contributed by atoms with E-state index in [0.29, 0.717) is 24.5 Å². The zero-order valence-electron chi connectivity index (χ0n) is 12.7. The van der Waals surface area contributed by atoms with E-state index in [4.69, 9.17) is 0 Å². The maximum atomic E-state index is 12.3. The lowest BCUT2D eigenvalue weighted by molar-refractivity contribution is -0.383. The van der Waals surface area contributed by atoms with Crippen molar-refractivity contribution in [3.05, 3.63) is 34.4 Å². The molecule has 1 N–H and O–H groups in total. The van der Waals surface area contributed by atoms with E-state index < -0.39 is 4.92 Å². The zero-order chi connectivity index (χ0) is 15.7. The second kappa shape index (κ2) is 6.04. The Hall–Kier alpha value is -1.95. The summed E-state index contributed by atoms with van der Waals surface area (Å²) in [6.07, 6.45) is 4.79. The summed E-state index contributed by atoms with van der Waals surface area (Å²) in [5.41, 5.74) is 0.205. The quantitative estimate of drug-likeness (QED) is 0.621. The molecule has 118 valence electrons. The molecule has 22 heavy (non-hydrogen) atoms. The summed E-state index contributed by atoms with van der Waals surface area (Å²) < 4.78 is 0. The van der Waals surface area contributed by atoms with E-state index in [2.05, 4.69) is 17.1 Å². The Balaban J connectivity index is 1.65. The largest absolute Gasteiger partial charge is 0.319 e. The lowest BCUT2D eigenvalue weighted by Gasteiger charge is -2.28. The Morgan fingerprint density at radius 1 is 1.36 bits per heavy atom. The average molecular weight is 303 g/mol. The smallest absolute Gasteiger partial charge is 0.292 e. The van der Waals surface area contributed by atoms with Gasteiger partial charge in [-0.3, -0.25) is 19.8 Å². The van der Waals surface area contributed by atoms with Crippen LogP contribution < -0.4 is 5.32 Å². The topological polar surface area (TPSA) is 75.5 Å². The van der Waals surface area contributed by atoms with Crippen molar-refractivity contribution in [2.45, 2.75) is 44.7 Å². The third-order valence-electron chi connectivity index (χ3n) is 4.54. The minimum absolute atomic E-state index is 0.0657. The molecule has 3 rings (SSSR count). The maximum absolute atomic E-state index is 12.3. The van der Waals surface area contributed by atoms with E-state index in [0.717, 1.165) is 12.8 Å². The van der Waals surface area contributed by atoms with Crippen molar-refractivity contribution in [3.8, 4) is 0 Å². The third-order valence-corrected chi connectivity index (χ3v) is 4.54. The van der Waals surface area contributed by atoms with Crippen LogP contribution in [0.5, 0.6) is 0 Å². The van der Waals surface area contributed by atoms with E-state index in [-0.39, 0.29) is 17.3 Å². The van der Waals surface area contributed by atoms with Gasteiger partial charge in [0.25, 0.3) is 5.69 Å². The van der Waals surface area contributed by atoms with Crippen LogP contribution in [0.15, 0.2) is 24.3 Å². The van der Waals surface area contributed by atoms with Crippen LogP contribution in [0.1, 0.15) is 32.6 Å². The summed E-state index contributed by atoms with van der Waals surface area (Å²) in [5.74, 6) is 0.535. The van der Waals surface area contributed by atoms with Crippen LogP contribution in [0.3, 0.4) is 0 Å². The summed E-state index contributed by atoms with van der Waals surface area (Å²) in [6.45, 7) is 2.50.